The minimum atomic E-state index is -0.472. The Balaban J connectivity index is 0. The second kappa shape index (κ2) is 25.0. The van der Waals surface area contributed by atoms with Crippen molar-refractivity contribution in [2.24, 2.45) is 0 Å². The van der Waals surface area contributed by atoms with Crippen molar-refractivity contribution in [3.8, 4) is 0 Å². The number of hydrogen-bond donors (Lipinski definition) is 0. The van der Waals surface area contributed by atoms with Crippen molar-refractivity contribution in [2.75, 3.05) is 0 Å². The molecule has 0 bridgehead atoms. The van der Waals surface area contributed by atoms with E-state index in [4.69, 9.17) is 37.7 Å². The maximum absolute atomic E-state index is 4.88. The van der Waals surface area contributed by atoms with Gasteiger partial charge in [-0.05, 0) is 12.8 Å². The Bertz CT molecular complexity index is 283. The monoisotopic (exact) mass is 714 g/mol. The van der Waals surface area contributed by atoms with Gasteiger partial charge in [-0.3, -0.25) is 0 Å². The van der Waals surface area contributed by atoms with E-state index < -0.39 is 33.0 Å². The Labute approximate surface area is 155 Å². The molecule has 0 fully saturated rings. The third-order valence-electron chi connectivity index (χ3n) is 1.76. The van der Waals surface area contributed by atoms with Crippen molar-refractivity contribution in [3.63, 3.8) is 0 Å². The van der Waals surface area contributed by atoms with Gasteiger partial charge in [0.15, 0.2) is 0 Å². The van der Waals surface area contributed by atoms with Crippen LogP contribution in [0.1, 0.15) is 12.8 Å². The summed E-state index contributed by atoms with van der Waals surface area (Å²) < 4.78 is 0. The zero-order valence-electron chi connectivity index (χ0n) is 10.5. The van der Waals surface area contributed by atoms with E-state index in [-0.39, 0.29) is 0 Å². The Kier molecular flexibility index (Phi) is 29.0. The Morgan fingerprint density at radius 2 is 0.650 bits per heavy atom. The van der Waals surface area contributed by atoms with Gasteiger partial charge in [0.05, 0.1) is 0 Å². The van der Waals surface area contributed by atoms with Crippen molar-refractivity contribution in [3.05, 3.63) is 72.9 Å². The molecule has 0 unspecified atom stereocenters. The van der Waals surface area contributed by atoms with Crippen molar-refractivity contribution < 1.29 is 33.0 Å². The van der Waals surface area contributed by atoms with Crippen LogP contribution in [0.2, 0.25) is 0 Å². The van der Waals surface area contributed by atoms with Crippen molar-refractivity contribution in [1.29, 1.82) is 0 Å². The van der Waals surface area contributed by atoms with Gasteiger partial charge in [0.25, 0.3) is 0 Å². The summed E-state index contributed by atoms with van der Waals surface area (Å²) in [7, 11) is 19.5. The van der Waals surface area contributed by atoms with Gasteiger partial charge in [0.1, 0.15) is 0 Å². The van der Waals surface area contributed by atoms with Crippen LogP contribution >= 0.6 is 37.7 Å². The molecule has 120 valence electrons. The number of rotatable bonds is 0. The zero-order chi connectivity index (χ0) is 15.3. The number of allylic oxidation sites excluding steroid dienone is 12. The molecule has 0 saturated heterocycles. The molecular weight excluding hydrogens is 700 g/mol. The molecule has 0 aliphatic heterocycles. The average molecular weight is 716 g/mol. The predicted octanol–water partition coefficient (Wildman–Crippen LogP) is 6.87. The van der Waals surface area contributed by atoms with Gasteiger partial charge in [-0.25, -0.2) is 0 Å². The second-order valence-electron chi connectivity index (χ2n) is 3.04. The maximum atomic E-state index is 4.88. The molecule has 0 aromatic carbocycles. The van der Waals surface area contributed by atoms with Gasteiger partial charge in [0, 0.05) is 0 Å². The molecule has 2 aliphatic rings. The van der Waals surface area contributed by atoms with Crippen LogP contribution in [0, 0.1) is 0 Å². The normalized spacial score (nSPS) is 14.2. The quantitative estimate of drug-likeness (QED) is 0.257. The molecule has 20 heavy (non-hydrogen) atoms. The topological polar surface area (TPSA) is 0 Å². The van der Waals surface area contributed by atoms with Crippen LogP contribution in [0.4, 0.5) is 0 Å². The zero-order valence-corrected chi connectivity index (χ0v) is 18.1. The Morgan fingerprint density at radius 1 is 0.450 bits per heavy atom. The Morgan fingerprint density at radius 3 is 0.850 bits per heavy atom. The molecule has 0 spiro atoms. The van der Waals surface area contributed by atoms with Gasteiger partial charge in [-0.1, -0.05) is 72.9 Å². The second-order valence-corrected chi connectivity index (χ2v) is 9.61. The van der Waals surface area contributed by atoms with E-state index in [1.807, 2.05) is 24.3 Å². The summed E-state index contributed by atoms with van der Waals surface area (Å²) in [5, 5.41) is 0. The minimum absolute atomic E-state index is 0.472. The molecule has 0 N–H and O–H groups in total. The van der Waals surface area contributed by atoms with Gasteiger partial charge >= 0.3 is 70.6 Å². The molecule has 0 atom stereocenters. The van der Waals surface area contributed by atoms with Crippen molar-refractivity contribution >= 4 is 37.7 Å². The first-order chi connectivity index (χ1) is 9.83. The molecule has 0 radical (unpaired) electrons. The van der Waals surface area contributed by atoms with E-state index in [2.05, 4.69) is 48.6 Å². The molecule has 0 saturated carbocycles. The first-order valence-electron chi connectivity index (χ1n) is 5.44. The molecule has 0 nitrogen and oxygen atoms in total. The van der Waals surface area contributed by atoms with Crippen LogP contribution < -0.4 is 0 Å². The van der Waals surface area contributed by atoms with Gasteiger partial charge in [-0.15, -0.1) is 0 Å². The van der Waals surface area contributed by atoms with Crippen molar-refractivity contribution in [1.82, 2.24) is 0 Å². The summed E-state index contributed by atoms with van der Waals surface area (Å²) in [6, 6.07) is 0. The van der Waals surface area contributed by atoms with Crippen LogP contribution in [-0.2, 0) is 33.0 Å². The summed E-state index contributed by atoms with van der Waals surface area (Å²) in [6.07, 6.45) is 27.0. The fourth-order valence-corrected chi connectivity index (χ4v) is 1.04. The molecule has 6 heteroatoms. The van der Waals surface area contributed by atoms with Gasteiger partial charge in [0.2, 0.25) is 0 Å². The molecule has 0 aromatic heterocycles. The fraction of sp³-hybridized carbons (Fsp3) is 0.143. The Hall–Kier alpha value is 0.977. The van der Waals surface area contributed by atoms with Crippen molar-refractivity contribution in [2.45, 2.75) is 12.8 Å². The summed E-state index contributed by atoms with van der Waals surface area (Å²) in [5.41, 5.74) is 0. The molecule has 0 amide bonds. The van der Waals surface area contributed by atoms with Gasteiger partial charge < -0.3 is 0 Å². The predicted molar refractivity (Wildman–Crippen MR) is 87.5 cm³/mol. The van der Waals surface area contributed by atoms with Crippen LogP contribution in [0.25, 0.3) is 0 Å². The summed E-state index contributed by atoms with van der Waals surface area (Å²) in [4.78, 5) is 0. The van der Waals surface area contributed by atoms with E-state index in [0.717, 1.165) is 12.8 Å². The van der Waals surface area contributed by atoms with E-state index in [0.29, 0.717) is 0 Å². The van der Waals surface area contributed by atoms with Crippen LogP contribution in [-0.4, -0.2) is 0 Å². The van der Waals surface area contributed by atoms with E-state index >= 15 is 0 Å². The molecule has 2 rings (SSSR count). The standard InChI is InChI=1S/2C7H8.4ClH.2Pt/c2*1-2-4-6-7-5-3-1;;;;;;/h2*1-6H,7H2;4*1H;;/q;;;;;;2*+2/p-4. The average Bonchev–Trinajstić information content (AvgIpc) is 2.91. The summed E-state index contributed by atoms with van der Waals surface area (Å²) in [5.74, 6) is 0. The fourth-order valence-electron chi connectivity index (χ4n) is 1.04. The third-order valence-corrected chi connectivity index (χ3v) is 1.76. The SMILES string of the molecule is C1=CC=CCC=C1.C1=CC=CCC=C1.[Cl][Pt][Cl].[Cl][Pt][Cl]. The third kappa shape index (κ3) is 27.3. The van der Waals surface area contributed by atoms with Crippen LogP contribution in [0.15, 0.2) is 72.9 Å². The van der Waals surface area contributed by atoms with E-state index in [1.54, 1.807) is 0 Å². The first-order valence-corrected chi connectivity index (χ1v) is 16.7. The van der Waals surface area contributed by atoms with E-state index in [1.165, 1.54) is 0 Å². The summed E-state index contributed by atoms with van der Waals surface area (Å²) in [6.45, 7) is 0. The first kappa shape index (κ1) is 23.2. The van der Waals surface area contributed by atoms with Crippen LogP contribution in [0.3, 0.4) is 0 Å². The molecule has 0 heterocycles. The van der Waals surface area contributed by atoms with Gasteiger partial charge in [-0.2, -0.15) is 0 Å². The molecule has 0 aromatic rings. The summed E-state index contributed by atoms with van der Waals surface area (Å²) >= 11 is -0.944. The molecule has 2 aliphatic carbocycles. The van der Waals surface area contributed by atoms with Crippen LogP contribution in [0.5, 0.6) is 0 Å². The number of hydrogen-bond acceptors (Lipinski definition) is 0. The molecular formula is C14H16Cl4Pt2. The van der Waals surface area contributed by atoms with E-state index in [9.17, 15) is 0 Å². The number of halogens is 4.